The number of rotatable bonds is 4. The summed E-state index contributed by atoms with van der Waals surface area (Å²) in [6.45, 7) is -1.26. The third-order valence-corrected chi connectivity index (χ3v) is 4.13. The van der Waals surface area contributed by atoms with Crippen molar-refractivity contribution >= 4 is 17.5 Å². The SMILES string of the molecule is O=C(NCC(F)(F)F)c1ccccc1NC(=O)[C@H]1COc2ccccc2C1. The largest absolute Gasteiger partial charge is 0.492 e. The van der Waals surface area contributed by atoms with Crippen molar-refractivity contribution in [3.63, 3.8) is 0 Å². The molecule has 0 spiro atoms. The van der Waals surface area contributed by atoms with Crippen LogP contribution in [0.15, 0.2) is 48.5 Å². The Kier molecular flexibility index (Phi) is 5.34. The number of amides is 2. The molecule has 0 radical (unpaired) electrons. The Hall–Kier alpha value is -3.03. The minimum Gasteiger partial charge on any atom is -0.492 e. The van der Waals surface area contributed by atoms with Crippen LogP contribution >= 0.6 is 0 Å². The molecule has 1 atom stereocenters. The van der Waals surface area contributed by atoms with Crippen LogP contribution in [0.5, 0.6) is 5.75 Å². The van der Waals surface area contributed by atoms with Gasteiger partial charge in [0.2, 0.25) is 5.91 Å². The lowest BCUT2D eigenvalue weighted by molar-refractivity contribution is -0.123. The van der Waals surface area contributed by atoms with E-state index < -0.39 is 24.5 Å². The molecule has 2 amide bonds. The maximum Gasteiger partial charge on any atom is 0.405 e. The molecular formula is C19H17F3N2O3. The summed E-state index contributed by atoms with van der Waals surface area (Å²) in [5.41, 5.74) is 1.02. The number of benzene rings is 2. The van der Waals surface area contributed by atoms with E-state index in [-0.39, 0.29) is 23.8 Å². The summed E-state index contributed by atoms with van der Waals surface area (Å²) in [5, 5.41) is 4.43. The Bertz CT molecular complexity index is 852. The quantitative estimate of drug-likeness (QED) is 0.859. The van der Waals surface area contributed by atoms with E-state index in [4.69, 9.17) is 4.74 Å². The fourth-order valence-corrected chi connectivity index (χ4v) is 2.80. The van der Waals surface area contributed by atoms with Gasteiger partial charge in [0, 0.05) is 0 Å². The highest BCUT2D eigenvalue weighted by Gasteiger charge is 2.29. The first-order valence-corrected chi connectivity index (χ1v) is 8.29. The molecule has 142 valence electrons. The van der Waals surface area contributed by atoms with E-state index in [1.807, 2.05) is 24.3 Å². The maximum atomic E-state index is 12.6. The van der Waals surface area contributed by atoms with Crippen molar-refractivity contribution in [3.8, 4) is 5.75 Å². The van der Waals surface area contributed by atoms with Crippen molar-refractivity contribution in [2.24, 2.45) is 5.92 Å². The van der Waals surface area contributed by atoms with Gasteiger partial charge in [-0.2, -0.15) is 13.2 Å². The molecule has 5 nitrogen and oxygen atoms in total. The molecule has 1 aliphatic rings. The van der Waals surface area contributed by atoms with Crippen LogP contribution in [0.3, 0.4) is 0 Å². The zero-order chi connectivity index (χ0) is 19.4. The summed E-state index contributed by atoms with van der Waals surface area (Å²) in [5.74, 6) is -1.01. The minimum atomic E-state index is -4.51. The van der Waals surface area contributed by atoms with Crippen molar-refractivity contribution in [3.05, 3.63) is 59.7 Å². The van der Waals surface area contributed by atoms with Gasteiger partial charge in [0.25, 0.3) is 5.91 Å². The third kappa shape index (κ3) is 4.78. The van der Waals surface area contributed by atoms with Crippen LogP contribution < -0.4 is 15.4 Å². The molecule has 0 bridgehead atoms. The number of para-hydroxylation sites is 2. The molecule has 3 rings (SSSR count). The molecule has 2 aromatic carbocycles. The number of ether oxygens (including phenoxy) is 1. The van der Waals surface area contributed by atoms with Gasteiger partial charge in [-0.3, -0.25) is 9.59 Å². The normalized spacial score (nSPS) is 16.0. The van der Waals surface area contributed by atoms with E-state index in [2.05, 4.69) is 5.32 Å². The summed E-state index contributed by atoms with van der Waals surface area (Å²) in [6.07, 6.45) is -4.04. The molecule has 0 saturated carbocycles. The van der Waals surface area contributed by atoms with Crippen LogP contribution in [0.2, 0.25) is 0 Å². The molecule has 0 unspecified atom stereocenters. The summed E-state index contributed by atoms with van der Waals surface area (Å²) in [4.78, 5) is 24.6. The van der Waals surface area contributed by atoms with Crippen LogP contribution in [0.1, 0.15) is 15.9 Å². The van der Waals surface area contributed by atoms with E-state index >= 15 is 0 Å². The van der Waals surface area contributed by atoms with E-state index in [0.717, 1.165) is 11.3 Å². The maximum absolute atomic E-state index is 12.6. The lowest BCUT2D eigenvalue weighted by atomic mass is 9.96. The Balaban J connectivity index is 1.69. The third-order valence-electron chi connectivity index (χ3n) is 4.13. The first-order valence-electron chi connectivity index (χ1n) is 8.29. The standard InChI is InChI=1S/C19H17F3N2O3/c20-19(21,22)11-23-18(26)14-6-2-3-7-15(14)24-17(25)13-9-12-5-1-4-8-16(12)27-10-13/h1-8,13H,9-11H2,(H,23,26)(H,24,25)/t13-/m1/s1. The zero-order valence-electron chi connectivity index (χ0n) is 14.2. The van der Waals surface area contributed by atoms with Gasteiger partial charge in [0.1, 0.15) is 18.9 Å². The van der Waals surface area contributed by atoms with E-state index in [1.165, 1.54) is 18.2 Å². The summed E-state index contributed by atoms with van der Waals surface area (Å²) < 4.78 is 42.5. The van der Waals surface area contributed by atoms with Crippen molar-refractivity contribution in [1.29, 1.82) is 0 Å². The predicted octanol–water partition coefficient (Wildman–Crippen LogP) is 3.17. The number of alkyl halides is 3. The number of halogens is 3. The lowest BCUT2D eigenvalue weighted by Gasteiger charge is -2.24. The molecule has 2 N–H and O–H groups in total. The number of carbonyl (C=O) groups is 2. The van der Waals surface area contributed by atoms with Crippen molar-refractivity contribution in [2.75, 3.05) is 18.5 Å². The first kappa shape index (κ1) is 18.8. The van der Waals surface area contributed by atoms with Gasteiger partial charge < -0.3 is 15.4 Å². The number of nitrogens with one attached hydrogen (secondary N) is 2. The lowest BCUT2D eigenvalue weighted by Crippen LogP contribution is -2.35. The average Bonchev–Trinajstić information content (AvgIpc) is 2.65. The Morgan fingerprint density at radius 1 is 1.07 bits per heavy atom. The number of fused-ring (bicyclic) bond motifs is 1. The van der Waals surface area contributed by atoms with Gasteiger partial charge in [0.05, 0.1) is 17.2 Å². The first-order chi connectivity index (χ1) is 12.8. The van der Waals surface area contributed by atoms with Crippen molar-refractivity contribution < 1.29 is 27.5 Å². The molecule has 1 aliphatic heterocycles. The van der Waals surface area contributed by atoms with Gasteiger partial charge in [-0.1, -0.05) is 30.3 Å². The van der Waals surface area contributed by atoms with Crippen molar-refractivity contribution in [2.45, 2.75) is 12.6 Å². The second-order valence-corrected chi connectivity index (χ2v) is 6.15. The molecule has 1 heterocycles. The van der Waals surface area contributed by atoms with Gasteiger partial charge in [0.15, 0.2) is 0 Å². The average molecular weight is 378 g/mol. The molecule has 0 fully saturated rings. The van der Waals surface area contributed by atoms with Crippen LogP contribution in [0, 0.1) is 5.92 Å². The number of hydrogen-bond acceptors (Lipinski definition) is 3. The fraction of sp³-hybridized carbons (Fsp3) is 0.263. The molecular weight excluding hydrogens is 361 g/mol. The fourth-order valence-electron chi connectivity index (χ4n) is 2.80. The van der Waals surface area contributed by atoms with E-state index in [0.29, 0.717) is 6.42 Å². The van der Waals surface area contributed by atoms with Gasteiger partial charge >= 0.3 is 6.18 Å². The molecule has 0 aromatic heterocycles. The molecule has 0 aliphatic carbocycles. The second kappa shape index (κ2) is 7.69. The summed E-state index contributed by atoms with van der Waals surface area (Å²) >= 11 is 0. The monoisotopic (exact) mass is 378 g/mol. The summed E-state index contributed by atoms with van der Waals surface area (Å²) in [7, 11) is 0. The highest BCUT2D eigenvalue weighted by Crippen LogP contribution is 2.28. The molecule has 8 heteroatoms. The molecule has 2 aromatic rings. The Morgan fingerprint density at radius 2 is 1.78 bits per heavy atom. The molecule has 27 heavy (non-hydrogen) atoms. The topological polar surface area (TPSA) is 67.4 Å². The van der Waals surface area contributed by atoms with Gasteiger partial charge in [-0.05, 0) is 30.2 Å². The Morgan fingerprint density at radius 3 is 2.56 bits per heavy atom. The smallest absolute Gasteiger partial charge is 0.405 e. The van der Waals surface area contributed by atoms with Gasteiger partial charge in [-0.25, -0.2) is 0 Å². The summed E-state index contributed by atoms with van der Waals surface area (Å²) in [6, 6.07) is 13.3. The number of carbonyl (C=O) groups excluding carboxylic acids is 2. The molecule has 0 saturated heterocycles. The van der Waals surface area contributed by atoms with Crippen LogP contribution in [0.4, 0.5) is 18.9 Å². The van der Waals surface area contributed by atoms with Crippen LogP contribution in [0.25, 0.3) is 0 Å². The second-order valence-electron chi connectivity index (χ2n) is 6.15. The van der Waals surface area contributed by atoms with Gasteiger partial charge in [-0.15, -0.1) is 0 Å². The predicted molar refractivity (Wildman–Crippen MR) is 92.6 cm³/mol. The number of hydrogen-bond donors (Lipinski definition) is 2. The van der Waals surface area contributed by atoms with E-state index in [9.17, 15) is 22.8 Å². The van der Waals surface area contributed by atoms with E-state index in [1.54, 1.807) is 11.4 Å². The van der Waals surface area contributed by atoms with Crippen molar-refractivity contribution in [1.82, 2.24) is 5.32 Å². The van der Waals surface area contributed by atoms with Crippen LogP contribution in [-0.2, 0) is 11.2 Å². The van der Waals surface area contributed by atoms with Crippen LogP contribution in [-0.4, -0.2) is 31.1 Å². The highest BCUT2D eigenvalue weighted by molar-refractivity contribution is 6.04. The zero-order valence-corrected chi connectivity index (χ0v) is 14.2. The number of anilines is 1. The minimum absolute atomic E-state index is 0.0350. The Labute approximate surface area is 153 Å². The highest BCUT2D eigenvalue weighted by atomic mass is 19.4.